The summed E-state index contributed by atoms with van der Waals surface area (Å²) in [6, 6.07) is 12.3. The molecule has 1 aliphatic heterocycles. The van der Waals surface area contributed by atoms with Crippen molar-refractivity contribution in [1.29, 1.82) is 0 Å². The maximum Gasteiger partial charge on any atom is 0.228 e. The first kappa shape index (κ1) is 14.8. The smallest absolute Gasteiger partial charge is 0.228 e. The van der Waals surface area contributed by atoms with Gasteiger partial charge in [0.15, 0.2) is 0 Å². The van der Waals surface area contributed by atoms with E-state index >= 15 is 0 Å². The monoisotopic (exact) mass is 408 g/mol. The number of rotatable bonds is 3. The number of nitrogens with one attached hydrogen (secondary N) is 2. The van der Waals surface area contributed by atoms with Crippen molar-refractivity contribution in [3.05, 3.63) is 62.0 Å². The predicted octanol–water partition coefficient (Wildman–Crippen LogP) is 4.02. The van der Waals surface area contributed by atoms with Crippen LogP contribution in [0.3, 0.4) is 0 Å². The Balaban J connectivity index is 2.03. The number of hydrogen-bond acceptors (Lipinski definition) is 2. The molecule has 5 heteroatoms. The highest BCUT2D eigenvalue weighted by atomic mass is 79.9. The minimum atomic E-state index is 0.0618. The lowest BCUT2D eigenvalue weighted by Gasteiger charge is -2.20. The zero-order valence-corrected chi connectivity index (χ0v) is 14.6. The number of benzene rings is 2. The second-order valence-electron chi connectivity index (χ2n) is 5.03. The normalized spacial score (nSPS) is 14.7. The van der Waals surface area contributed by atoms with E-state index in [0.717, 1.165) is 31.3 Å². The standard InChI is InChI=1S/C16H14Br2N2O/c1-19-16(12-8-11(17)3-4-13(12)18)9-2-5-14-10(6-9)7-15(21)20-14/h2-6,8,16,19H,7H2,1H3,(H,20,21). The topological polar surface area (TPSA) is 41.1 Å². The third-order valence-corrected chi connectivity index (χ3v) is 4.86. The molecule has 0 aromatic heterocycles. The van der Waals surface area contributed by atoms with Crippen molar-refractivity contribution in [1.82, 2.24) is 5.32 Å². The van der Waals surface area contributed by atoms with Gasteiger partial charge in [0.1, 0.15) is 0 Å². The summed E-state index contributed by atoms with van der Waals surface area (Å²) < 4.78 is 2.10. The fraction of sp³-hybridized carbons (Fsp3) is 0.188. The van der Waals surface area contributed by atoms with Crippen molar-refractivity contribution in [3.8, 4) is 0 Å². The Kier molecular flexibility index (Phi) is 4.15. The van der Waals surface area contributed by atoms with Gasteiger partial charge < -0.3 is 10.6 Å². The van der Waals surface area contributed by atoms with Gasteiger partial charge in [0.05, 0.1) is 12.5 Å². The van der Waals surface area contributed by atoms with Crippen LogP contribution < -0.4 is 10.6 Å². The molecule has 2 N–H and O–H groups in total. The summed E-state index contributed by atoms with van der Waals surface area (Å²) in [5, 5.41) is 6.21. The van der Waals surface area contributed by atoms with Gasteiger partial charge in [-0.15, -0.1) is 0 Å². The van der Waals surface area contributed by atoms with Gasteiger partial charge in [-0.25, -0.2) is 0 Å². The van der Waals surface area contributed by atoms with Crippen molar-refractivity contribution >= 4 is 43.5 Å². The molecule has 108 valence electrons. The highest BCUT2D eigenvalue weighted by molar-refractivity contribution is 9.11. The summed E-state index contributed by atoms with van der Waals surface area (Å²) in [5.41, 5.74) is 4.28. The molecule has 2 aromatic carbocycles. The molecule has 3 nitrogen and oxygen atoms in total. The average molecular weight is 410 g/mol. The summed E-state index contributed by atoms with van der Waals surface area (Å²) in [5.74, 6) is 0.0618. The van der Waals surface area contributed by atoms with Crippen molar-refractivity contribution in [2.45, 2.75) is 12.5 Å². The molecule has 1 amide bonds. The highest BCUT2D eigenvalue weighted by Crippen LogP contribution is 2.33. The van der Waals surface area contributed by atoms with Crippen molar-refractivity contribution in [3.63, 3.8) is 0 Å². The zero-order valence-electron chi connectivity index (χ0n) is 11.4. The quantitative estimate of drug-likeness (QED) is 0.803. The van der Waals surface area contributed by atoms with Gasteiger partial charge in [0.2, 0.25) is 5.91 Å². The lowest BCUT2D eigenvalue weighted by atomic mass is 9.96. The van der Waals surface area contributed by atoms with Crippen LogP contribution in [0.5, 0.6) is 0 Å². The minimum Gasteiger partial charge on any atom is -0.326 e. The first-order valence-corrected chi connectivity index (χ1v) is 8.22. The number of hydrogen-bond donors (Lipinski definition) is 2. The van der Waals surface area contributed by atoms with Gasteiger partial charge in [0, 0.05) is 14.6 Å². The van der Waals surface area contributed by atoms with Crippen LogP contribution in [0.4, 0.5) is 5.69 Å². The Hall–Kier alpha value is -1.17. The van der Waals surface area contributed by atoms with Crippen LogP contribution >= 0.6 is 31.9 Å². The van der Waals surface area contributed by atoms with E-state index in [0.29, 0.717) is 6.42 Å². The largest absolute Gasteiger partial charge is 0.326 e. The summed E-state index contributed by atoms with van der Waals surface area (Å²) in [6.45, 7) is 0. The summed E-state index contributed by atoms with van der Waals surface area (Å²) in [4.78, 5) is 11.5. The summed E-state index contributed by atoms with van der Waals surface area (Å²) >= 11 is 7.13. The predicted molar refractivity (Wildman–Crippen MR) is 91.5 cm³/mol. The van der Waals surface area contributed by atoms with E-state index in [-0.39, 0.29) is 11.9 Å². The fourth-order valence-electron chi connectivity index (χ4n) is 2.67. The summed E-state index contributed by atoms with van der Waals surface area (Å²) in [6.07, 6.45) is 0.458. The number of fused-ring (bicyclic) bond motifs is 1. The molecule has 0 saturated carbocycles. The lowest BCUT2D eigenvalue weighted by Crippen LogP contribution is -2.18. The molecule has 0 aliphatic carbocycles. The van der Waals surface area contributed by atoms with Crippen LogP contribution in [-0.4, -0.2) is 13.0 Å². The Bertz CT molecular complexity index is 715. The summed E-state index contributed by atoms with van der Waals surface area (Å²) in [7, 11) is 1.94. The van der Waals surface area contributed by atoms with Gasteiger partial charge >= 0.3 is 0 Å². The average Bonchev–Trinajstić information content (AvgIpc) is 2.83. The molecule has 21 heavy (non-hydrogen) atoms. The van der Waals surface area contributed by atoms with Gasteiger partial charge in [-0.2, -0.15) is 0 Å². The second kappa shape index (κ2) is 5.91. The molecular weight excluding hydrogens is 396 g/mol. The minimum absolute atomic E-state index is 0.0618. The highest BCUT2D eigenvalue weighted by Gasteiger charge is 2.21. The number of carbonyl (C=O) groups is 1. The van der Waals surface area contributed by atoms with E-state index in [9.17, 15) is 4.79 Å². The van der Waals surface area contributed by atoms with Crippen LogP contribution in [0.15, 0.2) is 45.3 Å². The van der Waals surface area contributed by atoms with Gasteiger partial charge in [-0.1, -0.05) is 44.0 Å². The van der Waals surface area contributed by atoms with E-state index in [1.807, 2.05) is 25.2 Å². The van der Waals surface area contributed by atoms with Crippen LogP contribution in [0.25, 0.3) is 0 Å². The van der Waals surface area contributed by atoms with Crippen molar-refractivity contribution in [2.24, 2.45) is 0 Å². The number of halogens is 2. The van der Waals surface area contributed by atoms with Crippen LogP contribution in [0.1, 0.15) is 22.7 Å². The zero-order chi connectivity index (χ0) is 15.0. The SMILES string of the molecule is CNC(c1ccc2c(c1)CC(=O)N2)c1cc(Br)ccc1Br. The molecule has 0 fully saturated rings. The molecular formula is C16H14Br2N2O. The van der Waals surface area contributed by atoms with Crippen LogP contribution in [0, 0.1) is 0 Å². The molecule has 0 saturated heterocycles. The number of amides is 1. The molecule has 0 radical (unpaired) electrons. The Labute approximate surface area is 140 Å². The van der Waals surface area contributed by atoms with E-state index < -0.39 is 0 Å². The van der Waals surface area contributed by atoms with E-state index in [1.54, 1.807) is 0 Å². The third-order valence-electron chi connectivity index (χ3n) is 3.65. The second-order valence-corrected chi connectivity index (χ2v) is 6.80. The van der Waals surface area contributed by atoms with Crippen LogP contribution in [0.2, 0.25) is 0 Å². The number of anilines is 1. The Morgan fingerprint density at radius 1 is 1.19 bits per heavy atom. The van der Waals surface area contributed by atoms with Crippen molar-refractivity contribution in [2.75, 3.05) is 12.4 Å². The molecule has 1 atom stereocenters. The molecule has 0 bridgehead atoms. The fourth-order valence-corrected chi connectivity index (χ4v) is 3.52. The lowest BCUT2D eigenvalue weighted by molar-refractivity contribution is -0.115. The van der Waals surface area contributed by atoms with Gasteiger partial charge in [-0.3, -0.25) is 4.79 Å². The van der Waals surface area contributed by atoms with E-state index in [2.05, 4.69) is 60.7 Å². The van der Waals surface area contributed by atoms with E-state index in [1.165, 1.54) is 0 Å². The first-order chi connectivity index (χ1) is 10.1. The van der Waals surface area contributed by atoms with Gasteiger partial charge in [-0.05, 0) is 48.0 Å². The van der Waals surface area contributed by atoms with Crippen LogP contribution in [-0.2, 0) is 11.2 Å². The maximum absolute atomic E-state index is 11.5. The molecule has 1 unspecified atom stereocenters. The maximum atomic E-state index is 11.5. The first-order valence-electron chi connectivity index (χ1n) is 6.63. The molecule has 0 spiro atoms. The third kappa shape index (κ3) is 2.91. The Morgan fingerprint density at radius 2 is 2.00 bits per heavy atom. The molecule has 2 aromatic rings. The van der Waals surface area contributed by atoms with E-state index in [4.69, 9.17) is 0 Å². The number of carbonyl (C=O) groups excluding carboxylic acids is 1. The van der Waals surface area contributed by atoms with Gasteiger partial charge in [0.25, 0.3) is 0 Å². The van der Waals surface area contributed by atoms with Crippen molar-refractivity contribution < 1.29 is 4.79 Å². The molecule has 1 aliphatic rings. The Morgan fingerprint density at radius 3 is 2.76 bits per heavy atom. The molecule has 1 heterocycles. The molecule has 3 rings (SSSR count).